The lowest BCUT2D eigenvalue weighted by Crippen LogP contribution is -2.48. The Bertz CT molecular complexity index is 1250. The largest absolute Gasteiger partial charge is 0.544 e. The van der Waals surface area contributed by atoms with Gasteiger partial charge in [-0.05, 0) is 120 Å². The third-order valence-electron chi connectivity index (χ3n) is 11.0. The minimum Gasteiger partial charge on any atom is -0.544 e. The zero-order chi connectivity index (χ0) is 31.1. The van der Waals surface area contributed by atoms with Gasteiger partial charge >= 0.3 is 0 Å². The van der Waals surface area contributed by atoms with E-state index >= 15 is 0 Å². The van der Waals surface area contributed by atoms with Gasteiger partial charge in [0.05, 0.1) is 12.0 Å². The summed E-state index contributed by atoms with van der Waals surface area (Å²) in [7, 11) is -3.78. The van der Waals surface area contributed by atoms with E-state index in [1.807, 2.05) is 0 Å². The zero-order valence-electron chi connectivity index (χ0n) is 28.1. The Kier molecular flexibility index (Phi) is 9.61. The molecule has 232 valence electrons. The van der Waals surface area contributed by atoms with Crippen LogP contribution in [0.25, 0.3) is 11.1 Å². The third kappa shape index (κ3) is 6.90. The van der Waals surface area contributed by atoms with Crippen LogP contribution in [0, 0.1) is 11.3 Å². The first-order chi connectivity index (χ1) is 19.4. The number of benzene rings is 2. The Morgan fingerprint density at radius 3 is 1.81 bits per heavy atom. The van der Waals surface area contributed by atoms with Crippen molar-refractivity contribution in [2.45, 2.75) is 117 Å². The molecule has 2 aliphatic carbocycles. The number of fused-ring (bicyclic) bond motifs is 1. The smallest absolute Gasteiger partial charge is 0.250 e. The molecule has 3 nitrogen and oxygen atoms in total. The van der Waals surface area contributed by atoms with E-state index in [4.69, 9.17) is 25.2 Å². The lowest BCUT2D eigenvalue weighted by atomic mass is 9.64. The van der Waals surface area contributed by atoms with Crippen molar-refractivity contribution in [2.75, 3.05) is 12.5 Å². The second-order valence-electron chi connectivity index (χ2n) is 15.9. The van der Waals surface area contributed by atoms with Gasteiger partial charge in [-0.15, -0.1) is 11.6 Å². The number of allylic oxidation sites excluding steroid dienone is 2. The molecule has 0 aliphatic heterocycles. The maximum Gasteiger partial charge on any atom is 0.250 e. The van der Waals surface area contributed by atoms with Crippen LogP contribution in [0.15, 0.2) is 48.5 Å². The van der Waals surface area contributed by atoms with Crippen LogP contribution in [0.1, 0.15) is 85.3 Å². The minimum absolute atomic E-state index is 0.119. The van der Waals surface area contributed by atoms with Gasteiger partial charge in [0.25, 0.3) is 0 Å². The maximum absolute atomic E-state index is 7.18. The quantitative estimate of drug-likeness (QED) is 0.205. The lowest BCUT2D eigenvalue weighted by Gasteiger charge is -2.47. The van der Waals surface area contributed by atoms with Gasteiger partial charge in [-0.2, -0.15) is 0 Å². The highest BCUT2D eigenvalue weighted by atomic mass is 35.5. The van der Waals surface area contributed by atoms with Crippen molar-refractivity contribution in [1.82, 2.24) is 0 Å². The number of halogens is 1. The van der Waals surface area contributed by atoms with Crippen LogP contribution < -0.4 is 9.16 Å². The molecule has 42 heavy (non-hydrogen) atoms. The molecule has 0 unspecified atom stereocenters. The molecule has 0 saturated heterocycles. The van der Waals surface area contributed by atoms with E-state index in [0.29, 0.717) is 24.5 Å². The summed E-state index contributed by atoms with van der Waals surface area (Å²) in [5, 5.41) is 0.368. The van der Waals surface area contributed by atoms with E-state index < -0.39 is 16.6 Å². The molecule has 6 heteroatoms. The SMILES string of the molecule is CC(C)(C)[Si](C)(C)Oc1ccc(C2=C(c3ccc(OCCCl)cc3)C[C@@]3(C)[C@@H](CC[C@@H]3O[Si](C)(C)C(C)(C)C)C2)cc1. The molecule has 0 bridgehead atoms. The fourth-order valence-electron chi connectivity index (χ4n) is 6.10. The van der Waals surface area contributed by atoms with Gasteiger partial charge in [0.2, 0.25) is 8.32 Å². The normalized spacial score (nSPS) is 23.6. The number of ether oxygens (including phenoxy) is 1. The summed E-state index contributed by atoms with van der Waals surface area (Å²) in [6.07, 6.45) is 4.78. The highest BCUT2D eigenvalue weighted by Crippen LogP contribution is 2.59. The first kappa shape index (κ1) is 33.4. The van der Waals surface area contributed by atoms with E-state index in [9.17, 15) is 0 Å². The topological polar surface area (TPSA) is 27.7 Å². The van der Waals surface area contributed by atoms with Crippen molar-refractivity contribution in [3.8, 4) is 11.5 Å². The van der Waals surface area contributed by atoms with Crippen molar-refractivity contribution in [2.24, 2.45) is 11.3 Å². The summed E-state index contributed by atoms with van der Waals surface area (Å²) in [6.45, 7) is 26.4. The molecule has 0 amide bonds. The van der Waals surface area contributed by atoms with E-state index in [1.165, 1.54) is 28.7 Å². The van der Waals surface area contributed by atoms with E-state index in [1.54, 1.807) is 0 Å². The molecule has 3 atom stereocenters. The molecule has 0 aromatic heterocycles. The number of hydrogen-bond acceptors (Lipinski definition) is 3. The van der Waals surface area contributed by atoms with Crippen LogP contribution in [0.5, 0.6) is 11.5 Å². The molecule has 2 aliphatic rings. The van der Waals surface area contributed by atoms with Crippen molar-refractivity contribution < 1.29 is 13.6 Å². The van der Waals surface area contributed by atoms with Crippen LogP contribution in [0.2, 0.25) is 36.3 Å². The Balaban J connectivity index is 1.71. The summed E-state index contributed by atoms with van der Waals surface area (Å²) in [5.41, 5.74) is 5.63. The standard InChI is InChI=1S/C36H55ClO3Si2/c1-34(2,3)41(8,9)39-30-19-14-26(15-20-30)31-24-28-16-21-33(40-42(10,11)35(4,5)6)36(28,7)25-32(31)27-12-17-29(18-13-27)38-23-22-37/h12-15,17-20,28,33H,16,21-25H2,1-11H3/t28-,33-,36-/m0/s1. The molecular weight excluding hydrogens is 572 g/mol. The second kappa shape index (κ2) is 12.1. The molecule has 0 spiro atoms. The van der Waals surface area contributed by atoms with E-state index in [0.717, 1.165) is 30.8 Å². The first-order valence-electron chi connectivity index (χ1n) is 15.9. The molecule has 0 radical (unpaired) electrons. The van der Waals surface area contributed by atoms with Crippen molar-refractivity contribution in [3.63, 3.8) is 0 Å². The predicted molar refractivity (Wildman–Crippen MR) is 186 cm³/mol. The van der Waals surface area contributed by atoms with Gasteiger partial charge in [0.1, 0.15) is 18.1 Å². The highest BCUT2D eigenvalue weighted by Gasteiger charge is 2.53. The maximum atomic E-state index is 7.18. The van der Waals surface area contributed by atoms with Crippen LogP contribution >= 0.6 is 11.6 Å². The molecule has 0 heterocycles. The number of rotatable bonds is 9. The third-order valence-corrected chi connectivity index (χ3v) is 20.0. The zero-order valence-corrected chi connectivity index (χ0v) is 30.9. The van der Waals surface area contributed by atoms with Crippen molar-refractivity contribution >= 4 is 39.4 Å². The Morgan fingerprint density at radius 1 is 0.762 bits per heavy atom. The summed E-state index contributed by atoms with van der Waals surface area (Å²) >= 11 is 5.87. The molecule has 1 fully saturated rings. The van der Waals surface area contributed by atoms with Gasteiger partial charge in [-0.1, -0.05) is 72.7 Å². The average molecular weight is 627 g/mol. The monoisotopic (exact) mass is 626 g/mol. The van der Waals surface area contributed by atoms with Crippen LogP contribution in [0.3, 0.4) is 0 Å². The summed E-state index contributed by atoms with van der Waals surface area (Å²) in [4.78, 5) is 0. The van der Waals surface area contributed by atoms with Crippen LogP contribution in [-0.2, 0) is 4.43 Å². The second-order valence-corrected chi connectivity index (χ2v) is 25.8. The van der Waals surface area contributed by atoms with Gasteiger partial charge in [-0.3, -0.25) is 0 Å². The van der Waals surface area contributed by atoms with E-state index in [2.05, 4.69) is 123 Å². The van der Waals surface area contributed by atoms with Crippen molar-refractivity contribution in [1.29, 1.82) is 0 Å². The average Bonchev–Trinajstić information content (AvgIpc) is 3.20. The Hall–Kier alpha value is -1.54. The van der Waals surface area contributed by atoms with Gasteiger partial charge in [0, 0.05) is 0 Å². The van der Waals surface area contributed by atoms with E-state index in [-0.39, 0.29) is 15.5 Å². The summed E-state index contributed by atoms with van der Waals surface area (Å²) in [5.74, 6) is 2.95. The first-order valence-corrected chi connectivity index (χ1v) is 22.2. The summed E-state index contributed by atoms with van der Waals surface area (Å²) in [6, 6.07) is 17.6. The summed E-state index contributed by atoms with van der Waals surface area (Å²) < 4.78 is 19.6. The predicted octanol–water partition coefficient (Wildman–Crippen LogP) is 11.2. The van der Waals surface area contributed by atoms with Gasteiger partial charge in [0.15, 0.2) is 8.32 Å². The molecule has 4 rings (SSSR count). The Labute approximate surface area is 263 Å². The lowest BCUT2D eigenvalue weighted by molar-refractivity contribution is 0.0509. The minimum atomic E-state index is -1.90. The molecular formula is C36H55ClO3Si2. The fraction of sp³-hybridized carbons (Fsp3) is 0.611. The Morgan fingerprint density at radius 2 is 1.29 bits per heavy atom. The van der Waals surface area contributed by atoms with Gasteiger partial charge < -0.3 is 13.6 Å². The molecule has 0 N–H and O–H groups in total. The highest BCUT2D eigenvalue weighted by molar-refractivity contribution is 6.75. The van der Waals surface area contributed by atoms with Crippen molar-refractivity contribution in [3.05, 3.63) is 59.7 Å². The molecule has 2 aromatic carbocycles. The van der Waals surface area contributed by atoms with Crippen LogP contribution in [-0.4, -0.2) is 35.2 Å². The number of hydrogen-bond donors (Lipinski definition) is 0. The van der Waals surface area contributed by atoms with Gasteiger partial charge in [-0.25, -0.2) is 0 Å². The van der Waals surface area contributed by atoms with Crippen LogP contribution in [0.4, 0.5) is 0 Å². The number of alkyl halides is 1. The molecule has 2 aromatic rings. The fourth-order valence-corrected chi connectivity index (χ4v) is 8.66. The molecule has 1 saturated carbocycles.